The number of rotatable bonds is 6. The summed E-state index contributed by atoms with van der Waals surface area (Å²) >= 11 is 0. The molecule has 1 aromatic rings. The zero-order valence-corrected chi connectivity index (χ0v) is 12.9. The van der Waals surface area contributed by atoms with Crippen molar-refractivity contribution in [1.82, 2.24) is 5.32 Å². The fourth-order valence-corrected chi connectivity index (χ4v) is 3.94. The van der Waals surface area contributed by atoms with E-state index in [1.165, 1.54) is 12.1 Å². The van der Waals surface area contributed by atoms with E-state index < -0.39 is 15.8 Å². The highest BCUT2D eigenvalue weighted by Gasteiger charge is 2.21. The average molecular weight is 316 g/mol. The Bertz CT molecular complexity index is 572. The van der Waals surface area contributed by atoms with Gasteiger partial charge in [-0.05, 0) is 50.9 Å². The molecule has 0 unspecified atom stereocenters. The topological polar surface area (TPSA) is 67.4 Å². The number of sulfonamides is 1. The van der Waals surface area contributed by atoms with Crippen molar-refractivity contribution in [3.05, 3.63) is 24.0 Å². The standard InChI is InChI=1S/C14H21FN2O3S/c1-2-20-14-4-3-12(9-13(14)15)17-21(18,19)10-11-5-7-16-8-6-11/h3-4,9,11,16-17H,2,5-8,10H2,1H3. The van der Waals surface area contributed by atoms with Crippen molar-refractivity contribution in [3.8, 4) is 5.75 Å². The summed E-state index contributed by atoms with van der Waals surface area (Å²) in [5, 5.41) is 3.20. The van der Waals surface area contributed by atoms with E-state index in [2.05, 4.69) is 10.0 Å². The maximum atomic E-state index is 13.7. The van der Waals surface area contributed by atoms with Gasteiger partial charge in [-0.15, -0.1) is 0 Å². The Labute approximate surface area is 124 Å². The molecular weight excluding hydrogens is 295 g/mol. The van der Waals surface area contributed by atoms with E-state index in [9.17, 15) is 12.8 Å². The van der Waals surface area contributed by atoms with Crippen LogP contribution in [-0.4, -0.2) is 33.9 Å². The highest BCUT2D eigenvalue weighted by atomic mass is 32.2. The first-order chi connectivity index (χ1) is 10.00. The van der Waals surface area contributed by atoms with Crippen molar-refractivity contribution in [3.63, 3.8) is 0 Å². The maximum Gasteiger partial charge on any atom is 0.232 e. The van der Waals surface area contributed by atoms with Crippen LogP contribution in [0.4, 0.5) is 10.1 Å². The smallest absolute Gasteiger partial charge is 0.232 e. The molecule has 0 bridgehead atoms. The summed E-state index contributed by atoms with van der Waals surface area (Å²) in [7, 11) is -3.46. The lowest BCUT2D eigenvalue weighted by molar-refractivity contribution is 0.321. The average Bonchev–Trinajstić information content (AvgIpc) is 2.42. The van der Waals surface area contributed by atoms with Gasteiger partial charge in [0.2, 0.25) is 10.0 Å². The van der Waals surface area contributed by atoms with Gasteiger partial charge in [0.1, 0.15) is 0 Å². The van der Waals surface area contributed by atoms with Gasteiger partial charge < -0.3 is 10.1 Å². The fraction of sp³-hybridized carbons (Fsp3) is 0.571. The van der Waals surface area contributed by atoms with E-state index in [1.54, 1.807) is 6.92 Å². The van der Waals surface area contributed by atoms with Crippen LogP contribution in [0.25, 0.3) is 0 Å². The Morgan fingerprint density at radius 3 is 2.71 bits per heavy atom. The molecule has 1 saturated heterocycles. The largest absolute Gasteiger partial charge is 0.491 e. The molecule has 0 radical (unpaired) electrons. The van der Waals surface area contributed by atoms with Crippen LogP contribution in [0.5, 0.6) is 5.75 Å². The minimum absolute atomic E-state index is 0.0729. The van der Waals surface area contributed by atoms with Crippen LogP contribution in [0.1, 0.15) is 19.8 Å². The Hall–Kier alpha value is -1.34. The third-order valence-corrected chi connectivity index (χ3v) is 4.88. The van der Waals surface area contributed by atoms with E-state index in [0.717, 1.165) is 32.0 Å². The molecule has 0 aliphatic carbocycles. The molecular formula is C14H21FN2O3S. The van der Waals surface area contributed by atoms with Gasteiger partial charge in [-0.1, -0.05) is 0 Å². The summed E-state index contributed by atoms with van der Waals surface area (Å²) in [5.74, 6) is -0.224. The molecule has 2 N–H and O–H groups in total. The zero-order valence-electron chi connectivity index (χ0n) is 12.1. The van der Waals surface area contributed by atoms with E-state index in [-0.39, 0.29) is 23.1 Å². The number of halogens is 1. The highest BCUT2D eigenvalue weighted by molar-refractivity contribution is 7.92. The Morgan fingerprint density at radius 1 is 1.38 bits per heavy atom. The van der Waals surface area contributed by atoms with Gasteiger partial charge in [-0.2, -0.15) is 0 Å². The lowest BCUT2D eigenvalue weighted by Gasteiger charge is -2.22. The lowest BCUT2D eigenvalue weighted by Crippen LogP contribution is -2.33. The summed E-state index contributed by atoms with van der Waals surface area (Å²) in [6.07, 6.45) is 1.69. The second kappa shape index (κ2) is 7.09. The van der Waals surface area contributed by atoms with Gasteiger partial charge in [0.15, 0.2) is 11.6 Å². The zero-order chi connectivity index (χ0) is 15.3. The van der Waals surface area contributed by atoms with E-state index in [4.69, 9.17) is 4.74 Å². The molecule has 5 nitrogen and oxygen atoms in total. The molecule has 0 amide bonds. The van der Waals surface area contributed by atoms with Crippen LogP contribution in [0.2, 0.25) is 0 Å². The van der Waals surface area contributed by atoms with Gasteiger partial charge in [-0.25, -0.2) is 12.8 Å². The number of anilines is 1. The monoisotopic (exact) mass is 316 g/mol. The lowest BCUT2D eigenvalue weighted by atomic mass is 10.0. The second-order valence-electron chi connectivity index (χ2n) is 5.16. The summed E-state index contributed by atoms with van der Waals surface area (Å²) in [6, 6.07) is 4.08. The number of benzene rings is 1. The first-order valence-electron chi connectivity index (χ1n) is 7.13. The number of hydrogen-bond acceptors (Lipinski definition) is 4. The molecule has 0 saturated carbocycles. The van der Waals surface area contributed by atoms with Crippen LogP contribution < -0.4 is 14.8 Å². The van der Waals surface area contributed by atoms with Crippen molar-refractivity contribution in [2.24, 2.45) is 5.92 Å². The van der Waals surface area contributed by atoms with Crippen molar-refractivity contribution in [2.45, 2.75) is 19.8 Å². The number of nitrogens with one attached hydrogen (secondary N) is 2. The third kappa shape index (κ3) is 4.86. The molecule has 21 heavy (non-hydrogen) atoms. The van der Waals surface area contributed by atoms with Gasteiger partial charge in [0.25, 0.3) is 0 Å². The minimum Gasteiger partial charge on any atom is -0.491 e. The summed E-state index contributed by atoms with van der Waals surface area (Å²) in [5.41, 5.74) is 0.227. The minimum atomic E-state index is -3.46. The van der Waals surface area contributed by atoms with E-state index in [0.29, 0.717) is 6.61 Å². The van der Waals surface area contributed by atoms with Crippen molar-refractivity contribution >= 4 is 15.7 Å². The normalized spacial score (nSPS) is 16.7. The quantitative estimate of drug-likeness (QED) is 0.842. The molecule has 0 aromatic heterocycles. The molecule has 0 atom stereocenters. The number of hydrogen-bond donors (Lipinski definition) is 2. The SMILES string of the molecule is CCOc1ccc(NS(=O)(=O)CC2CCNCC2)cc1F. The first kappa shape index (κ1) is 16.0. The van der Waals surface area contributed by atoms with E-state index in [1.807, 2.05) is 0 Å². The van der Waals surface area contributed by atoms with Crippen LogP contribution >= 0.6 is 0 Å². The molecule has 1 aromatic carbocycles. The predicted molar refractivity (Wildman–Crippen MR) is 80.6 cm³/mol. The molecule has 118 valence electrons. The molecule has 1 heterocycles. The highest BCUT2D eigenvalue weighted by Crippen LogP contribution is 2.23. The van der Waals surface area contributed by atoms with Crippen LogP contribution in [0.3, 0.4) is 0 Å². The van der Waals surface area contributed by atoms with E-state index >= 15 is 0 Å². The maximum absolute atomic E-state index is 13.7. The van der Waals surface area contributed by atoms with Crippen molar-refractivity contribution in [2.75, 3.05) is 30.2 Å². The second-order valence-corrected chi connectivity index (χ2v) is 6.92. The predicted octanol–water partition coefficient (Wildman–Crippen LogP) is 1.97. The summed E-state index contributed by atoms with van der Waals surface area (Å²) in [4.78, 5) is 0. The molecule has 1 fully saturated rings. The molecule has 1 aliphatic rings. The molecule has 1 aliphatic heterocycles. The Kier molecular flexibility index (Phi) is 5.41. The van der Waals surface area contributed by atoms with Crippen LogP contribution in [0, 0.1) is 11.7 Å². The molecule has 0 spiro atoms. The van der Waals surface area contributed by atoms with Gasteiger partial charge in [0.05, 0.1) is 18.0 Å². The Morgan fingerprint density at radius 2 is 2.10 bits per heavy atom. The molecule has 2 rings (SSSR count). The van der Waals surface area contributed by atoms with Gasteiger partial charge >= 0.3 is 0 Å². The van der Waals surface area contributed by atoms with Crippen molar-refractivity contribution < 1.29 is 17.5 Å². The van der Waals surface area contributed by atoms with Crippen LogP contribution in [0.15, 0.2) is 18.2 Å². The third-order valence-electron chi connectivity index (χ3n) is 3.42. The van der Waals surface area contributed by atoms with Gasteiger partial charge in [-0.3, -0.25) is 4.72 Å². The van der Waals surface area contributed by atoms with Crippen LogP contribution in [-0.2, 0) is 10.0 Å². The fourth-order valence-electron chi connectivity index (χ4n) is 2.42. The number of ether oxygens (including phenoxy) is 1. The summed E-state index contributed by atoms with van der Waals surface area (Å²) in [6.45, 7) is 3.81. The first-order valence-corrected chi connectivity index (χ1v) is 8.79. The van der Waals surface area contributed by atoms with Gasteiger partial charge in [0, 0.05) is 6.07 Å². The number of piperidine rings is 1. The Balaban J connectivity index is 2.00. The molecule has 7 heteroatoms. The van der Waals surface area contributed by atoms with Crippen molar-refractivity contribution in [1.29, 1.82) is 0 Å². The summed E-state index contributed by atoms with van der Waals surface area (Å²) < 4.78 is 45.4.